The number of rotatable bonds is 0. The quantitative estimate of drug-likeness (QED) is 0.165. The van der Waals surface area contributed by atoms with Crippen LogP contribution in [-0.2, 0) is 11.8 Å². The molecule has 0 aliphatic carbocycles. The van der Waals surface area contributed by atoms with Crippen LogP contribution in [0.4, 0.5) is 23.3 Å². The van der Waals surface area contributed by atoms with E-state index < -0.39 is 0 Å². The van der Waals surface area contributed by atoms with Crippen LogP contribution in [0.1, 0.15) is 36.1 Å². The van der Waals surface area contributed by atoms with Gasteiger partial charge in [0.1, 0.15) is 11.5 Å². The molecule has 0 atom stereocenters. The smallest absolute Gasteiger partial charge is 0.328 e. The van der Waals surface area contributed by atoms with E-state index >= 15 is 0 Å². The SMILES string of the molecule is CC1(C)c2ccc(cc2)Oc2nc(Cl)nc(n2)Nc2cccc(c2)Cc2cccc(c2)Nc2nc(Cl)nc(n2)Oc2ccc1cc2. The van der Waals surface area contributed by atoms with Gasteiger partial charge in [-0.05, 0) is 100 Å². The Morgan fingerprint density at radius 1 is 0.565 bits per heavy atom. The van der Waals surface area contributed by atoms with Crippen LogP contribution in [0, 0.1) is 0 Å². The number of halogens is 2. The zero-order valence-corrected chi connectivity index (χ0v) is 26.2. The van der Waals surface area contributed by atoms with Crippen LogP contribution >= 0.6 is 23.2 Å². The van der Waals surface area contributed by atoms with E-state index in [9.17, 15) is 0 Å². The lowest BCUT2D eigenvalue weighted by Crippen LogP contribution is -2.18. The third kappa shape index (κ3) is 6.68. The summed E-state index contributed by atoms with van der Waals surface area (Å²) < 4.78 is 12.0. The molecule has 0 amide bonds. The van der Waals surface area contributed by atoms with Gasteiger partial charge in [-0.1, -0.05) is 62.4 Å². The zero-order valence-electron chi connectivity index (χ0n) is 24.7. The maximum Gasteiger partial charge on any atom is 0.328 e. The summed E-state index contributed by atoms with van der Waals surface area (Å²) in [6.07, 6.45) is 0.659. The number of nitrogens with zero attached hydrogens (tertiary/aromatic N) is 6. The van der Waals surface area contributed by atoms with Gasteiger partial charge in [-0.3, -0.25) is 0 Å². The second kappa shape index (κ2) is 12.2. The Balaban J connectivity index is 1.27. The molecule has 3 aliphatic heterocycles. The van der Waals surface area contributed by atoms with Crippen molar-refractivity contribution in [3.8, 4) is 23.5 Å². The Hall–Kier alpha value is -5.32. The predicted octanol–water partition coefficient (Wildman–Crippen LogP) is 8.67. The molecular weight excluding hydrogens is 623 g/mol. The van der Waals surface area contributed by atoms with Crippen molar-refractivity contribution in [1.82, 2.24) is 29.9 Å². The molecule has 9 rings (SSSR count). The van der Waals surface area contributed by atoms with E-state index in [4.69, 9.17) is 32.7 Å². The molecule has 0 fully saturated rings. The molecule has 46 heavy (non-hydrogen) atoms. The molecule has 0 saturated heterocycles. The molecule has 0 radical (unpaired) electrons. The number of aromatic nitrogens is 6. The van der Waals surface area contributed by atoms with Gasteiger partial charge in [-0.15, -0.1) is 0 Å². The largest absolute Gasteiger partial charge is 0.424 e. The molecule has 3 aliphatic rings. The molecule has 5 heterocycles. The van der Waals surface area contributed by atoms with Crippen molar-refractivity contribution in [2.75, 3.05) is 10.6 Å². The average molecular weight is 650 g/mol. The minimum Gasteiger partial charge on any atom is -0.424 e. The highest BCUT2D eigenvalue weighted by molar-refractivity contribution is 6.28. The summed E-state index contributed by atoms with van der Waals surface area (Å²) in [5, 5.41) is 6.46. The first kappa shape index (κ1) is 29.4. The van der Waals surface area contributed by atoms with Gasteiger partial charge < -0.3 is 20.1 Å². The number of anilines is 4. The fraction of sp³-hybridized carbons (Fsp3) is 0.118. The van der Waals surface area contributed by atoms with Gasteiger partial charge in [-0.25, -0.2) is 0 Å². The molecule has 4 aromatic carbocycles. The minimum absolute atomic E-state index is 0.0119. The monoisotopic (exact) mass is 648 g/mol. The highest BCUT2D eigenvalue weighted by Gasteiger charge is 2.23. The number of benzene rings is 4. The number of ether oxygens (including phenoxy) is 2. The molecule has 0 spiro atoms. The number of fused-ring (bicyclic) bond motifs is 2. The second-order valence-corrected chi connectivity index (χ2v) is 11.8. The van der Waals surface area contributed by atoms with Gasteiger partial charge in [0.2, 0.25) is 22.5 Å². The number of hydrogen-bond donors (Lipinski definition) is 2. The third-order valence-electron chi connectivity index (χ3n) is 7.52. The predicted molar refractivity (Wildman–Crippen MR) is 177 cm³/mol. The summed E-state index contributed by atoms with van der Waals surface area (Å²) in [5.41, 5.74) is 5.53. The molecule has 10 nitrogen and oxygen atoms in total. The fourth-order valence-electron chi connectivity index (χ4n) is 5.14. The Morgan fingerprint density at radius 3 is 1.43 bits per heavy atom. The lowest BCUT2D eigenvalue weighted by Gasteiger charge is -2.26. The Kier molecular flexibility index (Phi) is 7.81. The van der Waals surface area contributed by atoms with Crippen LogP contribution in [0.25, 0.3) is 0 Å². The van der Waals surface area contributed by atoms with Crippen LogP contribution < -0.4 is 20.1 Å². The van der Waals surface area contributed by atoms with Crippen LogP contribution in [0.5, 0.6) is 23.5 Å². The van der Waals surface area contributed by atoms with Gasteiger partial charge in [0.25, 0.3) is 0 Å². The lowest BCUT2D eigenvalue weighted by molar-refractivity contribution is 0.440. The van der Waals surface area contributed by atoms with Gasteiger partial charge in [-0.2, -0.15) is 29.9 Å². The Labute approximate surface area is 274 Å². The van der Waals surface area contributed by atoms with E-state index in [1.807, 2.05) is 97.1 Å². The Morgan fingerprint density at radius 2 is 1.00 bits per heavy atom. The first-order valence-electron chi connectivity index (χ1n) is 14.4. The highest BCUT2D eigenvalue weighted by Crippen LogP contribution is 2.35. The topological polar surface area (TPSA) is 120 Å². The van der Waals surface area contributed by atoms with Crippen LogP contribution in [0.15, 0.2) is 97.1 Å². The first-order chi connectivity index (χ1) is 22.2. The summed E-state index contributed by atoms with van der Waals surface area (Å²) in [6.45, 7) is 4.29. The molecule has 0 saturated carbocycles. The van der Waals surface area contributed by atoms with Crippen molar-refractivity contribution in [2.24, 2.45) is 0 Å². The van der Waals surface area contributed by atoms with Crippen LogP contribution in [0.3, 0.4) is 0 Å². The maximum atomic E-state index is 6.25. The molecule has 12 heteroatoms. The summed E-state index contributed by atoms with van der Waals surface area (Å²) >= 11 is 12.5. The van der Waals surface area contributed by atoms with E-state index in [-0.39, 0.29) is 39.9 Å². The minimum atomic E-state index is -0.327. The van der Waals surface area contributed by atoms with Crippen molar-refractivity contribution in [3.63, 3.8) is 0 Å². The molecular formula is C34H26Cl2N8O2. The Bertz CT molecular complexity index is 1900. The molecule has 0 unspecified atom stereocenters. The van der Waals surface area contributed by atoms with Gasteiger partial charge >= 0.3 is 12.0 Å². The van der Waals surface area contributed by atoms with E-state index in [2.05, 4.69) is 54.4 Å². The third-order valence-corrected chi connectivity index (χ3v) is 7.86. The van der Waals surface area contributed by atoms with Gasteiger partial charge in [0, 0.05) is 16.8 Å². The van der Waals surface area contributed by atoms with Crippen molar-refractivity contribution in [3.05, 3.63) is 130 Å². The van der Waals surface area contributed by atoms with Crippen molar-refractivity contribution >= 4 is 46.5 Å². The highest BCUT2D eigenvalue weighted by atomic mass is 35.5. The molecule has 6 aromatic rings. The van der Waals surface area contributed by atoms with Gasteiger partial charge in [0.15, 0.2) is 0 Å². The molecule has 2 N–H and O–H groups in total. The first-order valence-corrected chi connectivity index (χ1v) is 15.1. The summed E-state index contributed by atoms with van der Waals surface area (Å²) in [4.78, 5) is 25.7. The summed E-state index contributed by atoms with van der Waals surface area (Å²) in [5.74, 6) is 1.65. The van der Waals surface area contributed by atoms with Gasteiger partial charge in [0.05, 0.1) is 0 Å². The van der Waals surface area contributed by atoms with E-state index in [0.29, 0.717) is 17.9 Å². The second-order valence-electron chi connectivity index (χ2n) is 11.1. The standard InChI is InChI=1S/C34H26Cl2N8O2/c1-34(2)22-9-13-26(14-10-22)45-32-41-28(35)39-30(43-32)37-24-7-3-5-20(18-24)17-21-6-4-8-25(19-21)38-31-40-29(36)42-33(44-31)46-27-15-11-23(34)12-16-27/h3-16,18-19H,17H2,1-2H3,(H,37,39,41,43)(H,38,40,42,44). The van der Waals surface area contributed by atoms with Crippen molar-refractivity contribution in [1.29, 1.82) is 0 Å². The van der Waals surface area contributed by atoms with Crippen LogP contribution in [-0.4, -0.2) is 29.9 Å². The average Bonchev–Trinajstić information content (AvgIpc) is 3.01. The maximum absolute atomic E-state index is 6.25. The fourth-order valence-corrected chi connectivity index (χ4v) is 5.44. The van der Waals surface area contributed by atoms with E-state index in [0.717, 1.165) is 33.6 Å². The normalized spacial score (nSPS) is 13.6. The zero-order chi connectivity index (χ0) is 31.7. The number of hydrogen-bond acceptors (Lipinski definition) is 10. The van der Waals surface area contributed by atoms with Crippen molar-refractivity contribution < 1.29 is 9.47 Å². The van der Waals surface area contributed by atoms with E-state index in [1.54, 1.807) is 0 Å². The summed E-state index contributed by atoms with van der Waals surface area (Å²) in [7, 11) is 0. The summed E-state index contributed by atoms with van der Waals surface area (Å²) in [6, 6.07) is 31.6. The van der Waals surface area contributed by atoms with Crippen LogP contribution in [0.2, 0.25) is 10.6 Å². The molecule has 12 bridgehead atoms. The van der Waals surface area contributed by atoms with E-state index in [1.165, 1.54) is 0 Å². The lowest BCUT2D eigenvalue weighted by atomic mass is 9.78. The number of nitrogens with one attached hydrogen (secondary N) is 2. The molecule has 2 aromatic heterocycles. The molecule has 228 valence electrons. The van der Waals surface area contributed by atoms with Crippen molar-refractivity contribution in [2.45, 2.75) is 25.7 Å².